The summed E-state index contributed by atoms with van der Waals surface area (Å²) in [5.74, 6) is 1.11. The van der Waals surface area contributed by atoms with Gasteiger partial charge in [-0.05, 0) is 26.3 Å². The fraction of sp³-hybridized carbons (Fsp3) is 0.500. The molecule has 17 heavy (non-hydrogen) atoms. The van der Waals surface area contributed by atoms with Crippen LogP contribution in [0.25, 0.3) is 0 Å². The number of thiazole rings is 1. The Kier molecular flexibility index (Phi) is 2.94. The summed E-state index contributed by atoms with van der Waals surface area (Å²) in [6, 6.07) is 0.438. The first-order valence-corrected chi connectivity index (χ1v) is 6.85. The molecule has 0 aromatic carbocycles. The quantitative estimate of drug-likeness (QED) is 0.907. The van der Waals surface area contributed by atoms with Crippen LogP contribution in [0.15, 0.2) is 17.8 Å². The third kappa shape index (κ3) is 2.25. The Hall–Kier alpha value is -1.20. The monoisotopic (exact) mass is 248 g/mol. The van der Waals surface area contributed by atoms with Crippen LogP contribution in [0.5, 0.6) is 0 Å². The number of imidazole rings is 1. The van der Waals surface area contributed by atoms with Gasteiger partial charge in [0.15, 0.2) is 0 Å². The number of likely N-dealkylation sites (tertiary alicyclic amines) is 1. The summed E-state index contributed by atoms with van der Waals surface area (Å²) < 4.78 is 0. The van der Waals surface area contributed by atoms with Gasteiger partial charge in [-0.15, -0.1) is 11.3 Å². The minimum atomic E-state index is 0.438. The molecule has 0 amide bonds. The first kappa shape index (κ1) is 10.9. The summed E-state index contributed by atoms with van der Waals surface area (Å²) in [5.41, 5.74) is 1.14. The number of nitrogens with one attached hydrogen (secondary N) is 1. The minimum absolute atomic E-state index is 0.438. The summed E-state index contributed by atoms with van der Waals surface area (Å²) in [5, 5.41) is 3.23. The lowest BCUT2D eigenvalue weighted by Crippen LogP contribution is -2.23. The largest absolute Gasteiger partial charge is 0.345 e. The van der Waals surface area contributed by atoms with Crippen molar-refractivity contribution in [2.75, 3.05) is 6.54 Å². The predicted octanol–water partition coefficient (Wildman–Crippen LogP) is 2.51. The Morgan fingerprint density at radius 3 is 3.18 bits per heavy atom. The molecule has 0 spiro atoms. The van der Waals surface area contributed by atoms with Crippen LogP contribution in [0, 0.1) is 6.92 Å². The van der Waals surface area contributed by atoms with Gasteiger partial charge in [0.05, 0.1) is 12.6 Å². The minimum Gasteiger partial charge on any atom is -0.345 e. The summed E-state index contributed by atoms with van der Waals surface area (Å²) in [6.07, 6.45) is 6.23. The molecule has 1 aliphatic rings. The second kappa shape index (κ2) is 4.58. The molecular formula is C12H16N4S. The van der Waals surface area contributed by atoms with Gasteiger partial charge in [-0.25, -0.2) is 9.97 Å². The number of aromatic amines is 1. The third-order valence-corrected chi connectivity index (χ3v) is 3.99. The van der Waals surface area contributed by atoms with Crippen LogP contribution in [-0.4, -0.2) is 26.4 Å². The van der Waals surface area contributed by atoms with E-state index < -0.39 is 0 Å². The summed E-state index contributed by atoms with van der Waals surface area (Å²) in [7, 11) is 0. The lowest BCUT2D eigenvalue weighted by Gasteiger charge is -2.21. The Labute approximate surface area is 105 Å². The molecule has 2 aromatic rings. The predicted molar refractivity (Wildman–Crippen MR) is 67.8 cm³/mol. The van der Waals surface area contributed by atoms with Gasteiger partial charge in [0.2, 0.25) is 0 Å². The Balaban J connectivity index is 1.76. The number of rotatable bonds is 3. The van der Waals surface area contributed by atoms with E-state index in [9.17, 15) is 0 Å². The molecule has 1 N–H and O–H groups in total. The molecule has 0 saturated carbocycles. The van der Waals surface area contributed by atoms with E-state index >= 15 is 0 Å². The van der Waals surface area contributed by atoms with Crippen molar-refractivity contribution in [3.05, 3.63) is 34.3 Å². The molecule has 2 aromatic heterocycles. The van der Waals surface area contributed by atoms with Crippen molar-refractivity contribution < 1.29 is 0 Å². The zero-order chi connectivity index (χ0) is 11.7. The van der Waals surface area contributed by atoms with Gasteiger partial charge in [-0.1, -0.05) is 0 Å². The number of aromatic nitrogens is 3. The highest BCUT2D eigenvalue weighted by atomic mass is 32.1. The molecule has 0 radical (unpaired) electrons. The molecule has 90 valence electrons. The number of H-pyrrole nitrogens is 1. The number of aryl methyl sites for hydroxylation is 1. The first-order chi connectivity index (χ1) is 8.33. The van der Waals surface area contributed by atoms with E-state index in [-0.39, 0.29) is 0 Å². The van der Waals surface area contributed by atoms with Crippen molar-refractivity contribution in [1.29, 1.82) is 0 Å². The van der Waals surface area contributed by atoms with Gasteiger partial charge in [0.1, 0.15) is 10.8 Å². The highest BCUT2D eigenvalue weighted by Crippen LogP contribution is 2.31. The molecule has 4 nitrogen and oxygen atoms in total. The van der Waals surface area contributed by atoms with Crippen LogP contribution in [0.3, 0.4) is 0 Å². The van der Waals surface area contributed by atoms with Crippen molar-refractivity contribution in [3.8, 4) is 0 Å². The van der Waals surface area contributed by atoms with Gasteiger partial charge in [0, 0.05) is 23.5 Å². The average molecular weight is 248 g/mol. The van der Waals surface area contributed by atoms with Gasteiger partial charge in [-0.2, -0.15) is 0 Å². The van der Waals surface area contributed by atoms with E-state index in [1.165, 1.54) is 17.8 Å². The molecule has 1 aliphatic heterocycles. The molecule has 5 heteroatoms. The fourth-order valence-corrected chi connectivity index (χ4v) is 3.07. The van der Waals surface area contributed by atoms with E-state index in [4.69, 9.17) is 0 Å². The molecule has 1 atom stereocenters. The van der Waals surface area contributed by atoms with Crippen LogP contribution in [0.2, 0.25) is 0 Å². The Morgan fingerprint density at radius 1 is 1.53 bits per heavy atom. The van der Waals surface area contributed by atoms with E-state index in [1.807, 2.05) is 17.8 Å². The SMILES string of the molecule is Cc1cnc([C@H]2CCCN2Cc2nccs2)[nH]1. The summed E-state index contributed by atoms with van der Waals surface area (Å²) >= 11 is 1.73. The second-order valence-corrected chi connectivity index (χ2v) is 5.48. The topological polar surface area (TPSA) is 44.8 Å². The van der Waals surface area contributed by atoms with Crippen molar-refractivity contribution in [2.45, 2.75) is 32.4 Å². The van der Waals surface area contributed by atoms with Crippen LogP contribution in [0.1, 0.15) is 35.4 Å². The Bertz CT molecular complexity index is 476. The molecule has 0 bridgehead atoms. The zero-order valence-electron chi connectivity index (χ0n) is 9.89. The maximum absolute atomic E-state index is 4.46. The highest BCUT2D eigenvalue weighted by molar-refractivity contribution is 7.09. The molecule has 1 saturated heterocycles. The summed E-state index contributed by atoms with van der Waals surface area (Å²) in [4.78, 5) is 14.6. The fourth-order valence-electron chi connectivity index (χ4n) is 2.43. The second-order valence-electron chi connectivity index (χ2n) is 4.51. The molecular weight excluding hydrogens is 232 g/mol. The molecule has 0 aliphatic carbocycles. The van der Waals surface area contributed by atoms with Crippen LogP contribution >= 0.6 is 11.3 Å². The molecule has 1 fully saturated rings. The first-order valence-electron chi connectivity index (χ1n) is 5.97. The highest BCUT2D eigenvalue weighted by Gasteiger charge is 2.28. The van der Waals surface area contributed by atoms with Gasteiger partial charge < -0.3 is 4.98 Å². The van der Waals surface area contributed by atoms with E-state index in [0.29, 0.717) is 6.04 Å². The lowest BCUT2D eigenvalue weighted by molar-refractivity contribution is 0.240. The van der Waals surface area contributed by atoms with Crippen molar-refractivity contribution in [1.82, 2.24) is 19.9 Å². The van der Waals surface area contributed by atoms with Crippen LogP contribution < -0.4 is 0 Å². The summed E-state index contributed by atoms with van der Waals surface area (Å²) in [6.45, 7) is 4.14. The maximum atomic E-state index is 4.46. The standard InChI is InChI=1S/C12H16N4S/c1-9-7-14-12(15-9)10-3-2-5-16(10)8-11-13-4-6-17-11/h4,6-7,10H,2-3,5,8H2,1H3,(H,14,15)/t10-/m1/s1. The van der Waals surface area contributed by atoms with Crippen LogP contribution in [-0.2, 0) is 6.54 Å². The zero-order valence-corrected chi connectivity index (χ0v) is 10.7. The van der Waals surface area contributed by atoms with Gasteiger partial charge in [0.25, 0.3) is 0 Å². The van der Waals surface area contributed by atoms with E-state index in [2.05, 4.69) is 26.8 Å². The van der Waals surface area contributed by atoms with Gasteiger partial charge in [-0.3, -0.25) is 4.90 Å². The lowest BCUT2D eigenvalue weighted by atomic mass is 10.2. The van der Waals surface area contributed by atoms with E-state index in [1.54, 1.807) is 11.3 Å². The number of hydrogen-bond donors (Lipinski definition) is 1. The molecule has 0 unspecified atom stereocenters. The van der Waals surface area contributed by atoms with Crippen molar-refractivity contribution >= 4 is 11.3 Å². The third-order valence-electron chi connectivity index (χ3n) is 3.22. The normalized spacial score (nSPS) is 21.1. The van der Waals surface area contributed by atoms with E-state index in [0.717, 1.165) is 24.6 Å². The maximum Gasteiger partial charge on any atom is 0.123 e. The number of nitrogens with zero attached hydrogens (tertiary/aromatic N) is 3. The van der Waals surface area contributed by atoms with Gasteiger partial charge >= 0.3 is 0 Å². The smallest absolute Gasteiger partial charge is 0.123 e. The Morgan fingerprint density at radius 2 is 2.47 bits per heavy atom. The molecule has 3 heterocycles. The molecule has 3 rings (SSSR count). The van der Waals surface area contributed by atoms with Crippen LogP contribution in [0.4, 0.5) is 0 Å². The van der Waals surface area contributed by atoms with Crippen molar-refractivity contribution in [3.63, 3.8) is 0 Å². The number of hydrogen-bond acceptors (Lipinski definition) is 4. The average Bonchev–Trinajstić information content (AvgIpc) is 2.99. The van der Waals surface area contributed by atoms with Crippen molar-refractivity contribution in [2.24, 2.45) is 0 Å².